The fourth-order valence-electron chi connectivity index (χ4n) is 1.98. The van der Waals surface area contributed by atoms with Gasteiger partial charge in [0.2, 0.25) is 5.91 Å². The van der Waals surface area contributed by atoms with E-state index in [0.717, 1.165) is 17.9 Å². The Morgan fingerprint density at radius 3 is 2.86 bits per heavy atom. The van der Waals surface area contributed by atoms with Crippen molar-refractivity contribution < 1.29 is 4.79 Å². The van der Waals surface area contributed by atoms with Crippen LogP contribution in [0.3, 0.4) is 0 Å². The SMILES string of the molecule is CNC(=O)C1Cc2ccc(Cl)cc2C1. The zero-order chi connectivity index (χ0) is 10.1. The van der Waals surface area contributed by atoms with Gasteiger partial charge in [-0.05, 0) is 36.1 Å². The van der Waals surface area contributed by atoms with Gasteiger partial charge < -0.3 is 5.32 Å². The summed E-state index contributed by atoms with van der Waals surface area (Å²) < 4.78 is 0. The summed E-state index contributed by atoms with van der Waals surface area (Å²) in [7, 11) is 1.68. The summed E-state index contributed by atoms with van der Waals surface area (Å²) in [6.45, 7) is 0. The van der Waals surface area contributed by atoms with Crippen LogP contribution in [0.1, 0.15) is 11.1 Å². The predicted molar refractivity (Wildman–Crippen MR) is 56.4 cm³/mol. The van der Waals surface area contributed by atoms with Crippen molar-refractivity contribution in [2.45, 2.75) is 12.8 Å². The maximum Gasteiger partial charge on any atom is 0.223 e. The molecular weight excluding hydrogens is 198 g/mol. The first kappa shape index (κ1) is 9.53. The summed E-state index contributed by atoms with van der Waals surface area (Å²) in [6.07, 6.45) is 1.65. The molecule has 0 saturated carbocycles. The minimum Gasteiger partial charge on any atom is -0.359 e. The summed E-state index contributed by atoms with van der Waals surface area (Å²) in [5.41, 5.74) is 2.47. The third-order valence-corrected chi connectivity index (χ3v) is 2.95. The summed E-state index contributed by atoms with van der Waals surface area (Å²) in [5, 5.41) is 3.44. The van der Waals surface area contributed by atoms with Crippen molar-refractivity contribution in [2.24, 2.45) is 5.92 Å². The molecule has 0 saturated heterocycles. The molecule has 0 aromatic heterocycles. The van der Waals surface area contributed by atoms with E-state index in [2.05, 4.69) is 5.32 Å². The Kier molecular flexibility index (Phi) is 2.46. The van der Waals surface area contributed by atoms with Crippen LogP contribution in [0.4, 0.5) is 0 Å². The first-order valence-electron chi connectivity index (χ1n) is 4.69. The zero-order valence-corrected chi connectivity index (χ0v) is 8.77. The Labute approximate surface area is 88.3 Å². The lowest BCUT2D eigenvalue weighted by atomic mass is 10.1. The van der Waals surface area contributed by atoms with Gasteiger partial charge in [-0.25, -0.2) is 0 Å². The van der Waals surface area contributed by atoms with Gasteiger partial charge >= 0.3 is 0 Å². The third kappa shape index (κ3) is 1.62. The van der Waals surface area contributed by atoms with E-state index in [0.29, 0.717) is 0 Å². The maximum atomic E-state index is 11.4. The molecule has 0 aliphatic heterocycles. The van der Waals surface area contributed by atoms with Crippen molar-refractivity contribution in [3.63, 3.8) is 0 Å². The molecule has 1 aromatic carbocycles. The van der Waals surface area contributed by atoms with Crippen LogP contribution in [-0.4, -0.2) is 13.0 Å². The molecule has 3 heteroatoms. The van der Waals surface area contributed by atoms with Crippen molar-refractivity contribution in [3.8, 4) is 0 Å². The number of nitrogens with one attached hydrogen (secondary N) is 1. The van der Waals surface area contributed by atoms with E-state index in [1.807, 2.05) is 18.2 Å². The van der Waals surface area contributed by atoms with Gasteiger partial charge in [0.25, 0.3) is 0 Å². The smallest absolute Gasteiger partial charge is 0.223 e. The molecular formula is C11H12ClNO. The van der Waals surface area contributed by atoms with Crippen LogP contribution >= 0.6 is 11.6 Å². The summed E-state index contributed by atoms with van der Waals surface area (Å²) in [6, 6.07) is 5.85. The molecule has 0 spiro atoms. The molecule has 1 atom stereocenters. The quantitative estimate of drug-likeness (QED) is 0.751. The van der Waals surface area contributed by atoms with Crippen LogP contribution in [0.25, 0.3) is 0 Å². The van der Waals surface area contributed by atoms with Crippen molar-refractivity contribution in [1.29, 1.82) is 0 Å². The predicted octanol–water partition coefficient (Wildman–Crippen LogP) is 1.80. The fourth-order valence-corrected chi connectivity index (χ4v) is 2.17. The molecule has 14 heavy (non-hydrogen) atoms. The molecule has 0 heterocycles. The highest BCUT2D eigenvalue weighted by Crippen LogP contribution is 2.28. The molecule has 0 bridgehead atoms. The van der Waals surface area contributed by atoms with Crippen LogP contribution in [-0.2, 0) is 17.6 Å². The minimum atomic E-state index is 0.0912. The molecule has 2 rings (SSSR count). The van der Waals surface area contributed by atoms with Crippen molar-refractivity contribution in [2.75, 3.05) is 7.05 Å². The van der Waals surface area contributed by atoms with E-state index in [1.54, 1.807) is 7.05 Å². The molecule has 1 unspecified atom stereocenters. The monoisotopic (exact) mass is 209 g/mol. The zero-order valence-electron chi connectivity index (χ0n) is 8.01. The van der Waals surface area contributed by atoms with Gasteiger partial charge in [-0.1, -0.05) is 17.7 Å². The first-order chi connectivity index (χ1) is 6.70. The van der Waals surface area contributed by atoms with E-state index in [-0.39, 0.29) is 11.8 Å². The average Bonchev–Trinajstić information content (AvgIpc) is 2.59. The Bertz CT molecular complexity index is 376. The van der Waals surface area contributed by atoms with E-state index >= 15 is 0 Å². The third-order valence-electron chi connectivity index (χ3n) is 2.72. The Balaban J connectivity index is 2.22. The Hall–Kier alpha value is -1.02. The van der Waals surface area contributed by atoms with E-state index < -0.39 is 0 Å². The lowest BCUT2D eigenvalue weighted by Gasteiger charge is -2.05. The molecule has 1 aliphatic rings. The highest BCUT2D eigenvalue weighted by Gasteiger charge is 2.26. The van der Waals surface area contributed by atoms with Crippen LogP contribution in [0.15, 0.2) is 18.2 Å². The van der Waals surface area contributed by atoms with Gasteiger partial charge in [-0.2, -0.15) is 0 Å². The lowest BCUT2D eigenvalue weighted by molar-refractivity contribution is -0.124. The Morgan fingerprint density at radius 1 is 1.43 bits per heavy atom. The molecule has 1 N–H and O–H groups in total. The molecule has 1 aromatic rings. The maximum absolute atomic E-state index is 11.4. The minimum absolute atomic E-state index is 0.0912. The topological polar surface area (TPSA) is 29.1 Å². The van der Waals surface area contributed by atoms with Gasteiger partial charge in [0.15, 0.2) is 0 Å². The number of halogens is 1. The van der Waals surface area contributed by atoms with Crippen LogP contribution in [0.5, 0.6) is 0 Å². The van der Waals surface area contributed by atoms with Crippen molar-refractivity contribution in [1.82, 2.24) is 5.32 Å². The van der Waals surface area contributed by atoms with Crippen LogP contribution in [0, 0.1) is 5.92 Å². The van der Waals surface area contributed by atoms with E-state index in [9.17, 15) is 4.79 Å². The molecule has 0 fully saturated rings. The van der Waals surface area contributed by atoms with Crippen LogP contribution < -0.4 is 5.32 Å². The fraction of sp³-hybridized carbons (Fsp3) is 0.364. The molecule has 1 aliphatic carbocycles. The molecule has 2 nitrogen and oxygen atoms in total. The largest absolute Gasteiger partial charge is 0.359 e. The second kappa shape index (κ2) is 3.62. The number of carbonyl (C=O) groups excluding carboxylic acids is 1. The first-order valence-corrected chi connectivity index (χ1v) is 5.07. The highest BCUT2D eigenvalue weighted by molar-refractivity contribution is 6.30. The summed E-state index contributed by atoms with van der Waals surface area (Å²) in [4.78, 5) is 11.4. The second-order valence-electron chi connectivity index (χ2n) is 3.63. The molecule has 1 amide bonds. The van der Waals surface area contributed by atoms with E-state index in [4.69, 9.17) is 11.6 Å². The van der Waals surface area contributed by atoms with E-state index in [1.165, 1.54) is 11.1 Å². The van der Waals surface area contributed by atoms with Gasteiger partial charge in [-0.15, -0.1) is 0 Å². The number of hydrogen-bond donors (Lipinski definition) is 1. The van der Waals surface area contributed by atoms with Crippen LogP contribution in [0.2, 0.25) is 5.02 Å². The number of fused-ring (bicyclic) bond motifs is 1. The number of rotatable bonds is 1. The normalized spacial score (nSPS) is 19.1. The number of carbonyl (C=O) groups is 1. The average molecular weight is 210 g/mol. The summed E-state index contributed by atoms with van der Waals surface area (Å²) >= 11 is 5.88. The number of amides is 1. The molecule has 0 radical (unpaired) electrons. The summed E-state index contributed by atoms with van der Waals surface area (Å²) in [5.74, 6) is 0.214. The van der Waals surface area contributed by atoms with Gasteiger partial charge in [0, 0.05) is 18.0 Å². The lowest BCUT2D eigenvalue weighted by Crippen LogP contribution is -2.27. The second-order valence-corrected chi connectivity index (χ2v) is 4.07. The Morgan fingerprint density at radius 2 is 2.14 bits per heavy atom. The van der Waals surface area contributed by atoms with Gasteiger partial charge in [-0.3, -0.25) is 4.79 Å². The molecule has 74 valence electrons. The van der Waals surface area contributed by atoms with Crippen molar-refractivity contribution in [3.05, 3.63) is 34.3 Å². The number of hydrogen-bond acceptors (Lipinski definition) is 1. The highest BCUT2D eigenvalue weighted by atomic mass is 35.5. The standard InChI is InChI=1S/C11H12ClNO/c1-13-11(14)9-4-7-2-3-10(12)6-8(7)5-9/h2-3,6,9H,4-5H2,1H3,(H,13,14). The van der Waals surface area contributed by atoms with Gasteiger partial charge in [0.05, 0.1) is 0 Å². The number of benzene rings is 1. The van der Waals surface area contributed by atoms with Gasteiger partial charge in [0.1, 0.15) is 0 Å². The van der Waals surface area contributed by atoms with Crippen molar-refractivity contribution >= 4 is 17.5 Å².